The van der Waals surface area contributed by atoms with Crippen LogP contribution in [0.15, 0.2) is 22.7 Å². The van der Waals surface area contributed by atoms with Gasteiger partial charge in [0.2, 0.25) is 0 Å². The predicted octanol–water partition coefficient (Wildman–Crippen LogP) is 1.55. The fourth-order valence-corrected chi connectivity index (χ4v) is 2.47. The van der Waals surface area contributed by atoms with Crippen LogP contribution in [-0.4, -0.2) is 32.2 Å². The van der Waals surface area contributed by atoms with Crippen molar-refractivity contribution >= 4 is 43.9 Å². The monoisotopic (exact) mass is 366 g/mol. The molecule has 1 rings (SSSR count). The number of carboxylic acids is 1. The molecule has 20 heavy (non-hydrogen) atoms. The van der Waals surface area contributed by atoms with Crippen molar-refractivity contribution in [2.45, 2.75) is 6.92 Å². The van der Waals surface area contributed by atoms with Crippen molar-refractivity contribution < 1.29 is 27.9 Å². The molecule has 0 heterocycles. The summed E-state index contributed by atoms with van der Waals surface area (Å²) in [5, 5.41) is 8.86. The van der Waals surface area contributed by atoms with Gasteiger partial charge in [-0.15, -0.1) is 0 Å². The Morgan fingerprint density at radius 3 is 2.55 bits per heavy atom. The standard InChI is InChI=1S/C10H11BrN2O6S/c1-2-19-10(16)13-20(17,18)12-8-4-6(9(14)15)3-7(11)5-8/h3-5,12H,2H2,1H3,(H,13,16)(H,14,15). The van der Waals surface area contributed by atoms with Gasteiger partial charge in [0.25, 0.3) is 0 Å². The van der Waals surface area contributed by atoms with Gasteiger partial charge in [-0.05, 0) is 25.1 Å². The number of carbonyl (C=O) groups is 2. The van der Waals surface area contributed by atoms with Gasteiger partial charge in [-0.2, -0.15) is 8.42 Å². The Labute approximate surface area is 123 Å². The van der Waals surface area contributed by atoms with Crippen LogP contribution < -0.4 is 9.44 Å². The first-order chi connectivity index (χ1) is 9.23. The molecule has 0 spiro atoms. The van der Waals surface area contributed by atoms with Crippen LogP contribution in [0.1, 0.15) is 17.3 Å². The lowest BCUT2D eigenvalue weighted by molar-refractivity contribution is 0.0696. The Balaban J connectivity index is 2.92. The topological polar surface area (TPSA) is 122 Å². The molecule has 0 aliphatic heterocycles. The first kappa shape index (κ1) is 16.2. The number of anilines is 1. The van der Waals surface area contributed by atoms with Crippen LogP contribution in [0.3, 0.4) is 0 Å². The van der Waals surface area contributed by atoms with Crippen molar-refractivity contribution in [2.24, 2.45) is 0 Å². The molecular formula is C10H11BrN2O6S. The molecule has 0 fully saturated rings. The molecule has 110 valence electrons. The second-order valence-electron chi connectivity index (χ2n) is 3.46. The van der Waals surface area contributed by atoms with E-state index in [1.54, 1.807) is 4.72 Å². The molecule has 0 radical (unpaired) electrons. The highest BCUT2D eigenvalue weighted by Gasteiger charge is 2.16. The lowest BCUT2D eigenvalue weighted by Crippen LogP contribution is -2.35. The molecule has 3 N–H and O–H groups in total. The van der Waals surface area contributed by atoms with Gasteiger partial charge < -0.3 is 9.84 Å². The van der Waals surface area contributed by atoms with E-state index in [-0.39, 0.29) is 17.9 Å². The highest BCUT2D eigenvalue weighted by molar-refractivity contribution is 9.10. The number of carbonyl (C=O) groups excluding carboxylic acids is 1. The summed E-state index contributed by atoms with van der Waals surface area (Å²) in [5.41, 5.74) is -0.137. The average molecular weight is 367 g/mol. The van der Waals surface area contributed by atoms with E-state index in [0.29, 0.717) is 4.47 Å². The maximum absolute atomic E-state index is 11.6. The molecule has 0 bridgehead atoms. The minimum absolute atomic E-state index is 0.0153. The Bertz CT molecular complexity index is 631. The summed E-state index contributed by atoms with van der Waals surface area (Å²) in [7, 11) is -4.20. The first-order valence-electron chi connectivity index (χ1n) is 5.24. The Morgan fingerprint density at radius 2 is 2.00 bits per heavy atom. The molecule has 1 amide bonds. The number of carboxylic acid groups (broad SMARTS) is 1. The quantitative estimate of drug-likeness (QED) is 0.726. The fraction of sp³-hybridized carbons (Fsp3) is 0.200. The predicted molar refractivity (Wildman–Crippen MR) is 73.8 cm³/mol. The van der Waals surface area contributed by atoms with Gasteiger partial charge in [-0.1, -0.05) is 15.9 Å². The Kier molecular flexibility index (Phi) is 5.34. The smallest absolute Gasteiger partial charge is 0.422 e. The minimum Gasteiger partial charge on any atom is -0.478 e. The third-order valence-electron chi connectivity index (χ3n) is 1.89. The van der Waals surface area contributed by atoms with Gasteiger partial charge >= 0.3 is 22.3 Å². The van der Waals surface area contributed by atoms with Gasteiger partial charge in [-0.25, -0.2) is 14.3 Å². The molecule has 10 heteroatoms. The number of halogens is 1. The molecule has 0 saturated carbocycles. The SMILES string of the molecule is CCOC(=O)NS(=O)(=O)Nc1cc(Br)cc(C(=O)O)c1. The van der Waals surface area contributed by atoms with Gasteiger partial charge in [0.05, 0.1) is 17.9 Å². The molecule has 0 aliphatic carbocycles. The van der Waals surface area contributed by atoms with E-state index in [2.05, 4.69) is 20.7 Å². The number of aromatic carboxylic acids is 1. The molecule has 1 aromatic rings. The normalized spacial score (nSPS) is 10.7. The maximum Gasteiger partial charge on any atom is 0.422 e. The molecule has 0 saturated heterocycles. The highest BCUT2D eigenvalue weighted by atomic mass is 79.9. The molecule has 0 unspecified atom stereocenters. The number of rotatable bonds is 5. The van der Waals surface area contributed by atoms with Crippen LogP contribution in [-0.2, 0) is 14.9 Å². The molecular weight excluding hydrogens is 356 g/mol. The Morgan fingerprint density at radius 1 is 1.35 bits per heavy atom. The van der Waals surface area contributed by atoms with E-state index < -0.39 is 22.3 Å². The van der Waals surface area contributed by atoms with Crippen molar-refractivity contribution in [3.63, 3.8) is 0 Å². The molecule has 8 nitrogen and oxygen atoms in total. The van der Waals surface area contributed by atoms with E-state index >= 15 is 0 Å². The van der Waals surface area contributed by atoms with Gasteiger partial charge in [0.15, 0.2) is 0 Å². The zero-order chi connectivity index (χ0) is 15.3. The third kappa shape index (κ3) is 5.05. The third-order valence-corrected chi connectivity index (χ3v) is 3.29. The van der Waals surface area contributed by atoms with Crippen molar-refractivity contribution in [1.82, 2.24) is 4.72 Å². The van der Waals surface area contributed by atoms with E-state index in [9.17, 15) is 18.0 Å². The molecule has 0 aliphatic rings. The van der Waals surface area contributed by atoms with Crippen molar-refractivity contribution in [3.05, 3.63) is 28.2 Å². The van der Waals surface area contributed by atoms with E-state index in [1.165, 1.54) is 19.1 Å². The second kappa shape index (κ2) is 6.57. The molecule has 1 aromatic carbocycles. The number of ether oxygens (including phenoxy) is 1. The van der Waals surface area contributed by atoms with Crippen molar-refractivity contribution in [1.29, 1.82) is 0 Å². The van der Waals surface area contributed by atoms with Crippen LogP contribution in [0.4, 0.5) is 10.5 Å². The summed E-state index contributed by atoms with van der Waals surface area (Å²) in [6.07, 6.45) is -1.13. The minimum atomic E-state index is -4.20. The largest absolute Gasteiger partial charge is 0.478 e. The summed E-state index contributed by atoms with van der Waals surface area (Å²) in [4.78, 5) is 21.9. The lowest BCUT2D eigenvalue weighted by Gasteiger charge is -2.10. The van der Waals surface area contributed by atoms with Crippen LogP contribution in [0.2, 0.25) is 0 Å². The molecule has 0 atom stereocenters. The second-order valence-corrected chi connectivity index (χ2v) is 5.79. The van der Waals surface area contributed by atoms with Crippen LogP contribution in [0.25, 0.3) is 0 Å². The van der Waals surface area contributed by atoms with E-state index in [1.807, 2.05) is 4.72 Å². The highest BCUT2D eigenvalue weighted by Crippen LogP contribution is 2.20. The summed E-state index contributed by atoms with van der Waals surface area (Å²) in [5.74, 6) is -1.22. The van der Waals surface area contributed by atoms with E-state index in [4.69, 9.17) is 5.11 Å². The number of benzene rings is 1. The summed E-state index contributed by atoms with van der Waals surface area (Å²) < 4.78 is 31.6. The number of amides is 1. The van der Waals surface area contributed by atoms with E-state index in [0.717, 1.165) is 6.07 Å². The number of hydrogen-bond donors (Lipinski definition) is 3. The zero-order valence-corrected chi connectivity index (χ0v) is 12.6. The summed E-state index contributed by atoms with van der Waals surface area (Å²) in [6, 6.07) is 3.76. The Hall–Kier alpha value is -1.81. The van der Waals surface area contributed by atoms with Crippen molar-refractivity contribution in [2.75, 3.05) is 11.3 Å². The number of nitrogens with one attached hydrogen (secondary N) is 2. The van der Waals surface area contributed by atoms with Gasteiger partial charge in [0, 0.05) is 4.47 Å². The van der Waals surface area contributed by atoms with Crippen molar-refractivity contribution in [3.8, 4) is 0 Å². The van der Waals surface area contributed by atoms with Crippen LogP contribution >= 0.6 is 15.9 Å². The summed E-state index contributed by atoms with van der Waals surface area (Å²) in [6.45, 7) is 1.54. The van der Waals surface area contributed by atoms with Gasteiger partial charge in [0.1, 0.15) is 0 Å². The maximum atomic E-state index is 11.6. The lowest BCUT2D eigenvalue weighted by atomic mass is 10.2. The number of hydrogen-bond acceptors (Lipinski definition) is 5. The first-order valence-corrected chi connectivity index (χ1v) is 7.52. The molecule has 0 aromatic heterocycles. The van der Waals surface area contributed by atoms with Crippen LogP contribution in [0, 0.1) is 0 Å². The van der Waals surface area contributed by atoms with Gasteiger partial charge in [-0.3, -0.25) is 4.72 Å². The zero-order valence-electron chi connectivity index (χ0n) is 10.2. The fourth-order valence-electron chi connectivity index (χ4n) is 1.22. The van der Waals surface area contributed by atoms with Crippen LogP contribution in [0.5, 0.6) is 0 Å². The average Bonchev–Trinajstić information content (AvgIpc) is 2.26. The summed E-state index contributed by atoms with van der Waals surface area (Å²) >= 11 is 3.05.